The van der Waals surface area contributed by atoms with Crippen LogP contribution in [0.5, 0.6) is 0 Å². The molecule has 1 aromatic rings. The Morgan fingerprint density at radius 2 is 1.97 bits per heavy atom. The zero-order valence-corrected chi connectivity index (χ0v) is 17.9. The number of methoxy groups -OCH3 is 1. The first kappa shape index (κ1) is 22.9. The highest BCUT2D eigenvalue weighted by atomic mass is 16.5. The first-order valence-electron chi connectivity index (χ1n) is 10.2. The first-order valence-corrected chi connectivity index (χ1v) is 10.2. The van der Waals surface area contributed by atoms with E-state index in [1.54, 1.807) is 18.9 Å². The van der Waals surface area contributed by atoms with Gasteiger partial charge in [-0.25, -0.2) is 0 Å². The van der Waals surface area contributed by atoms with Gasteiger partial charge in [-0.05, 0) is 39.2 Å². The van der Waals surface area contributed by atoms with E-state index < -0.39 is 0 Å². The van der Waals surface area contributed by atoms with E-state index in [0.717, 1.165) is 36.9 Å². The van der Waals surface area contributed by atoms with Crippen LogP contribution in [0.25, 0.3) is 0 Å². The van der Waals surface area contributed by atoms with Gasteiger partial charge in [-0.1, -0.05) is 12.8 Å². The Morgan fingerprint density at radius 3 is 2.55 bits per heavy atom. The monoisotopic (exact) mass is 404 g/mol. The lowest BCUT2D eigenvalue weighted by Crippen LogP contribution is -2.39. The fourth-order valence-electron chi connectivity index (χ4n) is 3.90. The summed E-state index contributed by atoms with van der Waals surface area (Å²) in [6, 6.07) is 2.55. The average Bonchev–Trinajstić information content (AvgIpc) is 3.27. The van der Waals surface area contributed by atoms with Gasteiger partial charge in [-0.2, -0.15) is 5.26 Å². The van der Waals surface area contributed by atoms with E-state index in [1.165, 1.54) is 0 Å². The van der Waals surface area contributed by atoms with Crippen molar-refractivity contribution < 1.29 is 19.1 Å². The molecule has 1 fully saturated rings. The number of anilines is 1. The lowest BCUT2D eigenvalue weighted by Gasteiger charge is -2.22. The molecule has 0 bridgehead atoms. The molecule has 0 spiro atoms. The maximum atomic E-state index is 12.8. The van der Waals surface area contributed by atoms with Crippen molar-refractivity contribution in [3.63, 3.8) is 0 Å². The molecule has 0 aliphatic heterocycles. The molecule has 1 saturated carbocycles. The summed E-state index contributed by atoms with van der Waals surface area (Å²) in [6.07, 6.45) is 4.40. The van der Waals surface area contributed by atoms with Crippen LogP contribution in [0.1, 0.15) is 55.5 Å². The molecule has 29 heavy (non-hydrogen) atoms. The van der Waals surface area contributed by atoms with Crippen LogP contribution < -0.4 is 5.32 Å². The summed E-state index contributed by atoms with van der Waals surface area (Å²) in [4.78, 5) is 26.3. The number of amides is 1. The van der Waals surface area contributed by atoms with Gasteiger partial charge in [0, 0.05) is 25.4 Å². The predicted octanol–water partition coefficient (Wildman–Crippen LogP) is 2.54. The maximum Gasteiger partial charge on any atom is 0.320 e. The summed E-state index contributed by atoms with van der Waals surface area (Å²) in [6.45, 7) is 6.80. The van der Waals surface area contributed by atoms with E-state index in [9.17, 15) is 14.9 Å². The fourth-order valence-corrected chi connectivity index (χ4v) is 3.90. The Labute approximate surface area is 172 Å². The van der Waals surface area contributed by atoms with E-state index in [4.69, 9.17) is 9.47 Å². The SMILES string of the molecule is CCOC(=O)CN(CCOC)CC(=O)Nc1c(C#N)c(C)c(C)n1C1CCCC1. The van der Waals surface area contributed by atoms with Crippen molar-refractivity contribution in [3.8, 4) is 6.07 Å². The Kier molecular flexibility index (Phi) is 8.68. The van der Waals surface area contributed by atoms with Crippen LogP contribution in [0, 0.1) is 25.2 Å². The molecular weight excluding hydrogens is 372 g/mol. The van der Waals surface area contributed by atoms with Crippen LogP contribution in [-0.2, 0) is 19.1 Å². The van der Waals surface area contributed by atoms with Gasteiger partial charge in [0.15, 0.2) is 0 Å². The van der Waals surface area contributed by atoms with Gasteiger partial charge in [-0.3, -0.25) is 14.5 Å². The predicted molar refractivity (Wildman–Crippen MR) is 110 cm³/mol. The van der Waals surface area contributed by atoms with Gasteiger partial charge in [0.05, 0.1) is 31.9 Å². The molecule has 0 atom stereocenters. The minimum atomic E-state index is -0.380. The van der Waals surface area contributed by atoms with E-state index in [2.05, 4.69) is 16.0 Å². The summed E-state index contributed by atoms with van der Waals surface area (Å²) < 4.78 is 12.2. The number of hydrogen-bond donors (Lipinski definition) is 1. The van der Waals surface area contributed by atoms with Crippen molar-refractivity contribution in [2.75, 3.05) is 45.3 Å². The van der Waals surface area contributed by atoms with Gasteiger partial charge in [-0.15, -0.1) is 0 Å². The number of carbonyl (C=O) groups is 2. The topological polar surface area (TPSA) is 96.6 Å². The molecule has 0 radical (unpaired) electrons. The van der Waals surface area contributed by atoms with Crippen molar-refractivity contribution >= 4 is 17.7 Å². The molecular formula is C21H32N4O4. The summed E-state index contributed by atoms with van der Waals surface area (Å²) >= 11 is 0. The highest BCUT2D eigenvalue weighted by Gasteiger charge is 2.27. The molecule has 1 heterocycles. The molecule has 0 unspecified atom stereocenters. The van der Waals surface area contributed by atoms with Crippen LogP contribution in [-0.4, -0.2) is 61.3 Å². The van der Waals surface area contributed by atoms with Crippen LogP contribution in [0.3, 0.4) is 0 Å². The third-order valence-electron chi connectivity index (χ3n) is 5.45. The van der Waals surface area contributed by atoms with E-state index in [-0.39, 0.29) is 25.0 Å². The number of nitrogens with zero attached hydrogens (tertiary/aromatic N) is 3. The molecule has 8 nitrogen and oxygen atoms in total. The number of aromatic nitrogens is 1. The number of carbonyl (C=O) groups excluding carboxylic acids is 2. The third-order valence-corrected chi connectivity index (χ3v) is 5.45. The lowest BCUT2D eigenvalue weighted by atomic mass is 10.2. The number of esters is 1. The second-order valence-corrected chi connectivity index (χ2v) is 7.41. The molecule has 8 heteroatoms. The lowest BCUT2D eigenvalue weighted by molar-refractivity contribution is -0.144. The molecule has 1 N–H and O–H groups in total. The average molecular weight is 405 g/mol. The Morgan fingerprint density at radius 1 is 1.28 bits per heavy atom. The van der Waals surface area contributed by atoms with Crippen molar-refractivity contribution in [1.29, 1.82) is 5.26 Å². The van der Waals surface area contributed by atoms with Crippen LogP contribution >= 0.6 is 0 Å². The van der Waals surface area contributed by atoms with Gasteiger partial charge in [0.25, 0.3) is 0 Å². The quantitative estimate of drug-likeness (QED) is 0.602. The maximum absolute atomic E-state index is 12.8. The number of nitriles is 1. The van der Waals surface area contributed by atoms with Crippen molar-refractivity contribution in [3.05, 3.63) is 16.8 Å². The normalized spacial score (nSPS) is 14.2. The first-order chi connectivity index (χ1) is 13.9. The van der Waals surface area contributed by atoms with E-state index in [0.29, 0.717) is 37.2 Å². The standard InChI is InChI=1S/C21H32N4O4/c1-5-29-20(27)14-24(10-11-28-4)13-19(26)23-21-18(12-22)15(2)16(3)25(21)17-8-6-7-9-17/h17H,5-11,13-14H2,1-4H3,(H,23,26). The van der Waals surface area contributed by atoms with Gasteiger partial charge < -0.3 is 19.4 Å². The number of ether oxygens (including phenoxy) is 2. The minimum Gasteiger partial charge on any atom is -0.465 e. The molecule has 1 aromatic heterocycles. The van der Waals surface area contributed by atoms with E-state index >= 15 is 0 Å². The molecule has 2 rings (SSSR count). The smallest absolute Gasteiger partial charge is 0.320 e. The summed E-state index contributed by atoms with van der Waals surface area (Å²) in [5, 5.41) is 12.6. The Hall–Kier alpha value is -2.37. The van der Waals surface area contributed by atoms with Crippen LogP contribution in [0.15, 0.2) is 0 Å². The second kappa shape index (κ2) is 11.0. The van der Waals surface area contributed by atoms with Gasteiger partial charge >= 0.3 is 5.97 Å². The zero-order valence-electron chi connectivity index (χ0n) is 17.9. The molecule has 1 amide bonds. The van der Waals surface area contributed by atoms with Crippen LogP contribution in [0.2, 0.25) is 0 Å². The fraction of sp³-hybridized carbons (Fsp3) is 0.667. The van der Waals surface area contributed by atoms with Crippen molar-refractivity contribution in [2.24, 2.45) is 0 Å². The molecule has 0 aromatic carbocycles. The molecule has 1 aliphatic carbocycles. The second-order valence-electron chi connectivity index (χ2n) is 7.41. The summed E-state index contributed by atoms with van der Waals surface area (Å²) in [5.41, 5.74) is 2.43. The third kappa shape index (κ3) is 5.81. The van der Waals surface area contributed by atoms with Crippen molar-refractivity contribution in [2.45, 2.75) is 52.5 Å². The zero-order chi connectivity index (χ0) is 21.4. The molecule has 160 valence electrons. The minimum absolute atomic E-state index is 0.0113. The van der Waals surface area contributed by atoms with Gasteiger partial charge in [0.2, 0.25) is 5.91 Å². The Bertz CT molecular complexity index is 760. The number of rotatable bonds is 10. The molecule has 0 saturated heterocycles. The number of hydrogen-bond acceptors (Lipinski definition) is 6. The summed E-state index contributed by atoms with van der Waals surface area (Å²) in [5.74, 6) is -0.0731. The van der Waals surface area contributed by atoms with Crippen LogP contribution in [0.4, 0.5) is 5.82 Å². The number of nitrogens with one attached hydrogen (secondary N) is 1. The van der Waals surface area contributed by atoms with Gasteiger partial charge in [0.1, 0.15) is 11.9 Å². The largest absolute Gasteiger partial charge is 0.465 e. The highest BCUT2D eigenvalue weighted by Crippen LogP contribution is 2.37. The molecule has 1 aliphatic rings. The Balaban J connectivity index is 2.18. The van der Waals surface area contributed by atoms with E-state index in [1.807, 2.05) is 13.8 Å². The summed E-state index contributed by atoms with van der Waals surface area (Å²) in [7, 11) is 1.57. The van der Waals surface area contributed by atoms with Crippen molar-refractivity contribution in [1.82, 2.24) is 9.47 Å². The highest BCUT2D eigenvalue weighted by molar-refractivity contribution is 5.93.